The number of anilines is 1. The van der Waals surface area contributed by atoms with Gasteiger partial charge in [0.15, 0.2) is 5.65 Å². The fourth-order valence-electron chi connectivity index (χ4n) is 4.98. The van der Waals surface area contributed by atoms with Gasteiger partial charge in [-0.15, -0.1) is 0 Å². The van der Waals surface area contributed by atoms with Gasteiger partial charge in [0.1, 0.15) is 41.2 Å². The van der Waals surface area contributed by atoms with Crippen molar-refractivity contribution >= 4 is 33.2 Å². The summed E-state index contributed by atoms with van der Waals surface area (Å²) in [5.74, 6) is -0.279. The molecule has 0 radical (unpaired) electrons. The van der Waals surface area contributed by atoms with E-state index in [1.54, 1.807) is 10.7 Å². The average molecular weight is 499 g/mol. The second-order valence-corrected chi connectivity index (χ2v) is 8.98. The molecule has 0 aliphatic carbocycles. The first-order valence-corrected chi connectivity index (χ1v) is 11.9. The van der Waals surface area contributed by atoms with Gasteiger partial charge in [0.25, 0.3) is 0 Å². The molecule has 5 aromatic rings. The summed E-state index contributed by atoms with van der Waals surface area (Å²) in [6.45, 7) is 3.36. The molecule has 2 aromatic carbocycles. The van der Waals surface area contributed by atoms with Gasteiger partial charge in [-0.1, -0.05) is 24.3 Å². The Morgan fingerprint density at radius 3 is 2.76 bits per heavy atom. The third-order valence-electron chi connectivity index (χ3n) is 6.67. The molecule has 0 amide bonds. The van der Waals surface area contributed by atoms with Crippen molar-refractivity contribution in [1.29, 1.82) is 0 Å². The molecular formula is C27H23FN6O3. The second-order valence-electron chi connectivity index (χ2n) is 8.98. The highest BCUT2D eigenvalue weighted by Crippen LogP contribution is 2.38. The lowest BCUT2D eigenvalue weighted by atomic mass is 9.92. The predicted octanol–water partition coefficient (Wildman–Crippen LogP) is 4.01. The van der Waals surface area contributed by atoms with Gasteiger partial charge in [-0.2, -0.15) is 5.10 Å². The first kappa shape index (κ1) is 22.9. The number of benzene rings is 2. The summed E-state index contributed by atoms with van der Waals surface area (Å²) in [5, 5.41) is 19.8. The lowest BCUT2D eigenvalue weighted by Gasteiger charge is -2.21. The molecule has 3 aromatic heterocycles. The van der Waals surface area contributed by atoms with Gasteiger partial charge in [-0.3, -0.25) is 0 Å². The van der Waals surface area contributed by atoms with Crippen LogP contribution in [0.5, 0.6) is 5.75 Å². The van der Waals surface area contributed by atoms with Crippen molar-refractivity contribution in [3.8, 4) is 17.0 Å². The smallest absolute Gasteiger partial charge is 0.343 e. The third kappa shape index (κ3) is 3.82. The maximum absolute atomic E-state index is 14.2. The van der Waals surface area contributed by atoms with Crippen molar-refractivity contribution in [2.24, 2.45) is 0 Å². The van der Waals surface area contributed by atoms with Crippen molar-refractivity contribution in [2.45, 2.75) is 19.4 Å². The van der Waals surface area contributed by atoms with Gasteiger partial charge in [-0.05, 0) is 49.0 Å². The number of nitrogens with one attached hydrogen (secondary N) is 1. The average Bonchev–Trinajstić information content (AvgIpc) is 3.29. The number of hydrogen-bond acceptors (Lipinski definition) is 8. The summed E-state index contributed by atoms with van der Waals surface area (Å²) in [4.78, 5) is 21.6. The van der Waals surface area contributed by atoms with Crippen molar-refractivity contribution in [3.05, 3.63) is 82.4 Å². The number of phenolic OH excluding ortho intramolecular Hbond substituents is 1. The number of fused-ring (bicyclic) bond motifs is 2. The van der Waals surface area contributed by atoms with Crippen molar-refractivity contribution < 1.29 is 13.9 Å². The molecule has 186 valence electrons. The lowest BCUT2D eigenvalue weighted by molar-refractivity contribution is 0.401. The van der Waals surface area contributed by atoms with Crippen LogP contribution >= 0.6 is 0 Å². The number of aromatic nitrogens is 4. The zero-order chi connectivity index (χ0) is 25.7. The van der Waals surface area contributed by atoms with Gasteiger partial charge >= 0.3 is 5.63 Å². The summed E-state index contributed by atoms with van der Waals surface area (Å²) in [6, 6.07) is 10.5. The topological polar surface area (TPSA) is 132 Å². The van der Waals surface area contributed by atoms with E-state index in [1.165, 1.54) is 18.5 Å². The minimum atomic E-state index is -0.623. The van der Waals surface area contributed by atoms with E-state index in [4.69, 9.17) is 15.2 Å². The number of nitrogens with two attached hydrogens (primary N) is 1. The molecule has 6 rings (SSSR count). The summed E-state index contributed by atoms with van der Waals surface area (Å²) >= 11 is 0. The SMILES string of the molecule is CC(c1oc(=O)c2ccccc2c1C1=CCNCC1)n1nc(-c2cc(O)cc(F)c2)c2c(N)ncnc21. The number of phenols is 1. The molecular weight excluding hydrogens is 475 g/mol. The largest absolute Gasteiger partial charge is 0.508 e. The molecule has 0 saturated heterocycles. The van der Waals surface area contributed by atoms with Crippen LogP contribution in [0.2, 0.25) is 0 Å². The number of rotatable bonds is 4. The number of hydrogen-bond donors (Lipinski definition) is 3. The molecule has 4 N–H and O–H groups in total. The van der Waals surface area contributed by atoms with E-state index >= 15 is 0 Å². The maximum Gasteiger partial charge on any atom is 0.343 e. The highest BCUT2D eigenvalue weighted by atomic mass is 19.1. The van der Waals surface area contributed by atoms with Crippen LogP contribution in [0.15, 0.2) is 64.1 Å². The third-order valence-corrected chi connectivity index (χ3v) is 6.67. The van der Waals surface area contributed by atoms with Gasteiger partial charge in [-0.25, -0.2) is 23.8 Å². The van der Waals surface area contributed by atoms with E-state index in [0.717, 1.165) is 35.6 Å². The van der Waals surface area contributed by atoms with Crippen LogP contribution in [-0.2, 0) is 0 Å². The minimum Gasteiger partial charge on any atom is -0.508 e. The highest BCUT2D eigenvalue weighted by Gasteiger charge is 2.27. The number of nitrogens with zero attached hydrogens (tertiary/aromatic N) is 4. The van der Waals surface area contributed by atoms with E-state index in [9.17, 15) is 14.3 Å². The van der Waals surface area contributed by atoms with Gasteiger partial charge in [0.05, 0.1) is 10.8 Å². The van der Waals surface area contributed by atoms with Gasteiger partial charge < -0.3 is 20.6 Å². The Labute approximate surface area is 210 Å². The molecule has 0 fully saturated rings. The first-order chi connectivity index (χ1) is 17.9. The normalized spacial score (nSPS) is 14.7. The zero-order valence-electron chi connectivity index (χ0n) is 19.9. The van der Waals surface area contributed by atoms with E-state index in [1.807, 2.05) is 25.1 Å². The molecule has 0 spiro atoms. The minimum absolute atomic E-state index is 0.156. The first-order valence-electron chi connectivity index (χ1n) is 11.9. The van der Waals surface area contributed by atoms with Gasteiger partial charge in [0.2, 0.25) is 0 Å². The Morgan fingerprint density at radius 2 is 2.00 bits per heavy atom. The number of halogens is 1. The van der Waals surface area contributed by atoms with E-state index in [-0.39, 0.29) is 11.6 Å². The molecule has 1 aliphatic rings. The number of nitrogen functional groups attached to an aromatic ring is 1. The monoisotopic (exact) mass is 498 g/mol. The van der Waals surface area contributed by atoms with Crippen molar-refractivity contribution in [2.75, 3.05) is 18.8 Å². The molecule has 0 bridgehead atoms. The Hall–Kier alpha value is -4.57. The van der Waals surface area contributed by atoms with Crippen LogP contribution in [0.1, 0.15) is 30.7 Å². The predicted molar refractivity (Wildman–Crippen MR) is 139 cm³/mol. The lowest BCUT2D eigenvalue weighted by Crippen LogP contribution is -2.22. The van der Waals surface area contributed by atoms with Crippen LogP contribution < -0.4 is 16.7 Å². The summed E-state index contributed by atoms with van der Waals surface area (Å²) in [6.07, 6.45) is 4.19. The van der Waals surface area contributed by atoms with Crippen molar-refractivity contribution in [1.82, 2.24) is 25.1 Å². The molecule has 10 heteroatoms. The van der Waals surface area contributed by atoms with E-state index in [2.05, 4.69) is 21.4 Å². The van der Waals surface area contributed by atoms with E-state index < -0.39 is 17.5 Å². The standard InChI is InChI=1S/C27H23FN6O3/c1-14(24-21(15-6-8-30-9-7-15)19-4-2-3-5-20(19)27(36)37-24)34-26-22(25(29)31-13-32-26)23(33-34)16-10-17(28)12-18(35)11-16/h2-6,10-14,30,35H,7-9H2,1H3,(H2,29,31,32). The quantitative estimate of drug-likeness (QED) is 0.339. The Bertz CT molecular complexity index is 1750. The second kappa shape index (κ2) is 8.82. The zero-order valence-corrected chi connectivity index (χ0v) is 19.9. The maximum atomic E-state index is 14.2. The Morgan fingerprint density at radius 1 is 1.19 bits per heavy atom. The van der Waals surface area contributed by atoms with Crippen LogP contribution in [0.25, 0.3) is 38.6 Å². The van der Waals surface area contributed by atoms with Gasteiger partial charge in [0, 0.05) is 23.7 Å². The van der Waals surface area contributed by atoms with Crippen LogP contribution in [0, 0.1) is 5.82 Å². The van der Waals surface area contributed by atoms with Crippen LogP contribution in [-0.4, -0.2) is 37.9 Å². The summed E-state index contributed by atoms with van der Waals surface area (Å²) in [7, 11) is 0. The highest BCUT2D eigenvalue weighted by molar-refractivity contribution is 5.99. The molecule has 9 nitrogen and oxygen atoms in total. The molecule has 1 unspecified atom stereocenters. The Balaban J connectivity index is 1.63. The molecule has 1 aliphatic heterocycles. The molecule has 37 heavy (non-hydrogen) atoms. The summed E-state index contributed by atoms with van der Waals surface area (Å²) < 4.78 is 21.7. The van der Waals surface area contributed by atoms with Crippen LogP contribution in [0.4, 0.5) is 10.2 Å². The number of aromatic hydroxyl groups is 1. The fourth-order valence-corrected chi connectivity index (χ4v) is 4.98. The molecule has 1 atom stereocenters. The molecule has 0 saturated carbocycles. The van der Waals surface area contributed by atoms with Crippen molar-refractivity contribution in [3.63, 3.8) is 0 Å². The fraction of sp³-hybridized carbons (Fsp3) is 0.185. The summed E-state index contributed by atoms with van der Waals surface area (Å²) in [5.41, 5.74) is 8.70. The van der Waals surface area contributed by atoms with Crippen LogP contribution in [0.3, 0.4) is 0 Å². The van der Waals surface area contributed by atoms with E-state index in [0.29, 0.717) is 40.0 Å². The Kier molecular flexibility index (Phi) is 5.45. The molecule has 4 heterocycles.